The number of hydrogen-bond donors (Lipinski definition) is 1. The van der Waals surface area contributed by atoms with Gasteiger partial charge in [0.1, 0.15) is 6.61 Å². The van der Waals surface area contributed by atoms with E-state index in [-0.39, 0.29) is 5.54 Å². The number of nitrogens with two attached hydrogens (primary N) is 1. The molecule has 0 fully saturated rings. The zero-order chi connectivity index (χ0) is 15.3. The van der Waals surface area contributed by atoms with E-state index in [9.17, 15) is 0 Å². The Morgan fingerprint density at radius 2 is 1.71 bits per heavy atom. The summed E-state index contributed by atoms with van der Waals surface area (Å²) in [6.45, 7) is 4.53. The van der Waals surface area contributed by atoms with Crippen molar-refractivity contribution in [1.82, 2.24) is 0 Å². The molecular weight excluding hydrogens is 262 g/mol. The highest BCUT2D eigenvalue weighted by Crippen LogP contribution is 2.33. The maximum Gasteiger partial charge on any atom is 0.164 e. The van der Waals surface area contributed by atoms with Crippen LogP contribution in [0.1, 0.15) is 25.0 Å². The molecule has 3 heteroatoms. The second kappa shape index (κ2) is 6.64. The average molecular weight is 285 g/mol. The molecule has 0 saturated carbocycles. The summed E-state index contributed by atoms with van der Waals surface area (Å²) in [6.07, 6.45) is 0.730. The smallest absolute Gasteiger partial charge is 0.164 e. The molecule has 3 nitrogen and oxygen atoms in total. The van der Waals surface area contributed by atoms with Crippen molar-refractivity contribution in [1.29, 1.82) is 0 Å². The lowest BCUT2D eigenvalue weighted by atomic mass is 9.95. The largest absolute Gasteiger partial charge is 0.493 e. The van der Waals surface area contributed by atoms with Crippen molar-refractivity contribution >= 4 is 0 Å². The van der Waals surface area contributed by atoms with Crippen molar-refractivity contribution in [2.45, 2.75) is 32.4 Å². The minimum Gasteiger partial charge on any atom is -0.493 e. The highest BCUT2D eigenvalue weighted by atomic mass is 16.5. The first-order valence-electron chi connectivity index (χ1n) is 7.11. The Kier molecular flexibility index (Phi) is 4.86. The first-order chi connectivity index (χ1) is 9.99. The Hall–Kier alpha value is -2.00. The summed E-state index contributed by atoms with van der Waals surface area (Å²) in [5, 5.41) is 0. The van der Waals surface area contributed by atoms with Gasteiger partial charge < -0.3 is 15.2 Å². The van der Waals surface area contributed by atoms with Crippen LogP contribution < -0.4 is 15.2 Å². The molecule has 0 spiro atoms. The van der Waals surface area contributed by atoms with Crippen LogP contribution in [-0.2, 0) is 13.0 Å². The molecule has 0 atom stereocenters. The van der Waals surface area contributed by atoms with Gasteiger partial charge in [-0.25, -0.2) is 0 Å². The quantitative estimate of drug-likeness (QED) is 0.882. The Bertz CT molecular complexity index is 574. The van der Waals surface area contributed by atoms with Crippen LogP contribution >= 0.6 is 0 Å². The van der Waals surface area contributed by atoms with E-state index in [4.69, 9.17) is 15.2 Å². The molecule has 0 radical (unpaired) electrons. The van der Waals surface area contributed by atoms with Crippen molar-refractivity contribution in [3.05, 3.63) is 59.7 Å². The van der Waals surface area contributed by atoms with Crippen LogP contribution in [-0.4, -0.2) is 12.6 Å². The van der Waals surface area contributed by atoms with Crippen molar-refractivity contribution in [2.24, 2.45) is 5.73 Å². The van der Waals surface area contributed by atoms with Crippen LogP contribution in [0, 0.1) is 0 Å². The van der Waals surface area contributed by atoms with E-state index >= 15 is 0 Å². The maximum absolute atomic E-state index is 6.14. The average Bonchev–Trinajstić information content (AvgIpc) is 2.45. The predicted octanol–water partition coefficient (Wildman–Crippen LogP) is 3.55. The van der Waals surface area contributed by atoms with E-state index in [0.717, 1.165) is 29.0 Å². The SMILES string of the molecule is COc1cccc(CC(C)(C)N)c1OCc1ccccc1. The molecule has 2 aromatic rings. The molecule has 0 amide bonds. The number of rotatable bonds is 6. The number of para-hydroxylation sites is 1. The van der Waals surface area contributed by atoms with Crippen molar-refractivity contribution in [3.8, 4) is 11.5 Å². The molecule has 21 heavy (non-hydrogen) atoms. The molecule has 0 saturated heterocycles. The third kappa shape index (κ3) is 4.50. The lowest BCUT2D eigenvalue weighted by Gasteiger charge is -2.22. The van der Waals surface area contributed by atoms with Gasteiger partial charge in [-0.2, -0.15) is 0 Å². The summed E-state index contributed by atoms with van der Waals surface area (Å²) in [6, 6.07) is 16.0. The highest BCUT2D eigenvalue weighted by molar-refractivity contribution is 5.47. The third-order valence-electron chi connectivity index (χ3n) is 3.15. The van der Waals surface area contributed by atoms with Crippen LogP contribution in [0.2, 0.25) is 0 Å². The van der Waals surface area contributed by atoms with Crippen LogP contribution in [0.5, 0.6) is 11.5 Å². The van der Waals surface area contributed by atoms with Gasteiger partial charge in [0.25, 0.3) is 0 Å². The van der Waals surface area contributed by atoms with E-state index in [1.807, 2.05) is 62.4 Å². The number of ether oxygens (including phenoxy) is 2. The van der Waals surface area contributed by atoms with Gasteiger partial charge in [-0.1, -0.05) is 42.5 Å². The van der Waals surface area contributed by atoms with Gasteiger partial charge in [-0.05, 0) is 37.5 Å². The fourth-order valence-corrected chi connectivity index (χ4v) is 2.25. The molecule has 0 bridgehead atoms. The van der Waals surface area contributed by atoms with Crippen molar-refractivity contribution in [2.75, 3.05) is 7.11 Å². The summed E-state index contributed by atoms with van der Waals surface area (Å²) < 4.78 is 11.4. The number of benzene rings is 2. The number of hydrogen-bond acceptors (Lipinski definition) is 3. The molecule has 0 aliphatic heterocycles. The van der Waals surface area contributed by atoms with Gasteiger partial charge in [0, 0.05) is 5.54 Å². The summed E-state index contributed by atoms with van der Waals surface area (Å²) >= 11 is 0. The van der Waals surface area contributed by atoms with E-state index in [1.165, 1.54) is 0 Å². The molecular formula is C18H23NO2. The first-order valence-corrected chi connectivity index (χ1v) is 7.11. The Morgan fingerprint density at radius 1 is 1.00 bits per heavy atom. The van der Waals surface area contributed by atoms with Crippen LogP contribution in [0.3, 0.4) is 0 Å². The molecule has 0 aromatic heterocycles. The molecule has 0 unspecified atom stereocenters. The van der Waals surface area contributed by atoms with E-state index < -0.39 is 0 Å². The standard InChI is InChI=1S/C18H23NO2/c1-18(2,19)12-15-10-7-11-16(20-3)17(15)21-13-14-8-5-4-6-9-14/h4-11H,12-13,19H2,1-3H3. The zero-order valence-corrected chi connectivity index (χ0v) is 12.9. The van der Waals surface area contributed by atoms with Gasteiger partial charge >= 0.3 is 0 Å². The lowest BCUT2D eigenvalue weighted by Crippen LogP contribution is -2.34. The monoisotopic (exact) mass is 285 g/mol. The van der Waals surface area contributed by atoms with Crippen molar-refractivity contribution < 1.29 is 9.47 Å². The second-order valence-electron chi connectivity index (χ2n) is 5.89. The van der Waals surface area contributed by atoms with Gasteiger partial charge in [-0.3, -0.25) is 0 Å². The van der Waals surface area contributed by atoms with E-state index in [2.05, 4.69) is 0 Å². The van der Waals surface area contributed by atoms with E-state index in [1.54, 1.807) is 7.11 Å². The maximum atomic E-state index is 6.14. The van der Waals surface area contributed by atoms with Crippen molar-refractivity contribution in [3.63, 3.8) is 0 Å². The van der Waals surface area contributed by atoms with Crippen LogP contribution in [0.25, 0.3) is 0 Å². The number of methoxy groups -OCH3 is 1. The molecule has 0 aliphatic carbocycles. The molecule has 0 heterocycles. The lowest BCUT2D eigenvalue weighted by molar-refractivity contribution is 0.279. The van der Waals surface area contributed by atoms with Gasteiger partial charge in [-0.15, -0.1) is 0 Å². The van der Waals surface area contributed by atoms with Crippen LogP contribution in [0.4, 0.5) is 0 Å². The summed E-state index contributed by atoms with van der Waals surface area (Å²) in [4.78, 5) is 0. The molecule has 2 rings (SSSR count). The minimum absolute atomic E-state index is 0.294. The van der Waals surface area contributed by atoms with Gasteiger partial charge in [0.05, 0.1) is 7.11 Å². The highest BCUT2D eigenvalue weighted by Gasteiger charge is 2.18. The third-order valence-corrected chi connectivity index (χ3v) is 3.15. The predicted molar refractivity (Wildman–Crippen MR) is 85.7 cm³/mol. The Balaban J connectivity index is 2.23. The molecule has 2 aromatic carbocycles. The molecule has 2 N–H and O–H groups in total. The molecule has 112 valence electrons. The fourth-order valence-electron chi connectivity index (χ4n) is 2.25. The Morgan fingerprint density at radius 3 is 2.33 bits per heavy atom. The Labute approximate surface area is 126 Å². The second-order valence-corrected chi connectivity index (χ2v) is 5.89. The van der Waals surface area contributed by atoms with E-state index in [0.29, 0.717) is 6.61 Å². The first kappa shape index (κ1) is 15.4. The topological polar surface area (TPSA) is 44.5 Å². The summed E-state index contributed by atoms with van der Waals surface area (Å²) in [5.74, 6) is 1.52. The molecule has 0 aliphatic rings. The van der Waals surface area contributed by atoms with Crippen LogP contribution in [0.15, 0.2) is 48.5 Å². The van der Waals surface area contributed by atoms with Gasteiger partial charge in [0.15, 0.2) is 11.5 Å². The van der Waals surface area contributed by atoms with Gasteiger partial charge in [0.2, 0.25) is 0 Å². The minimum atomic E-state index is -0.294. The fraction of sp³-hybridized carbons (Fsp3) is 0.333. The zero-order valence-electron chi connectivity index (χ0n) is 12.9. The summed E-state index contributed by atoms with van der Waals surface area (Å²) in [5.41, 5.74) is 8.04. The summed E-state index contributed by atoms with van der Waals surface area (Å²) in [7, 11) is 1.65. The normalized spacial score (nSPS) is 11.2.